The fraction of sp³-hybridized carbons (Fsp3) is 0.294. The zero-order valence-electron chi connectivity index (χ0n) is 13.7. The van der Waals surface area contributed by atoms with Crippen molar-refractivity contribution < 1.29 is 9.59 Å². The summed E-state index contributed by atoms with van der Waals surface area (Å²) in [5.41, 5.74) is 2.35. The summed E-state index contributed by atoms with van der Waals surface area (Å²) in [5, 5.41) is 10.5. The van der Waals surface area contributed by atoms with Crippen LogP contribution in [0.1, 0.15) is 17.4 Å². The fourth-order valence-corrected chi connectivity index (χ4v) is 3.75. The Hall–Kier alpha value is -1.99. The molecule has 1 heterocycles. The molecule has 0 spiro atoms. The molecule has 1 aromatic carbocycles. The number of hydrogen-bond acceptors (Lipinski definition) is 4. The molecular weight excluding hydrogens is 342 g/mol. The van der Waals surface area contributed by atoms with Gasteiger partial charge in [-0.3, -0.25) is 4.79 Å². The quantitative estimate of drug-likeness (QED) is 0.650. The maximum atomic E-state index is 11.9. The van der Waals surface area contributed by atoms with Gasteiger partial charge in [0, 0.05) is 41.2 Å². The maximum Gasteiger partial charge on any atom is 0.319 e. The van der Waals surface area contributed by atoms with Gasteiger partial charge < -0.3 is 16.0 Å². The van der Waals surface area contributed by atoms with Gasteiger partial charge in [0.2, 0.25) is 5.91 Å². The molecule has 0 aliphatic carbocycles. The number of nitrogens with one attached hydrogen (secondary N) is 3. The molecule has 0 atom stereocenters. The van der Waals surface area contributed by atoms with Crippen LogP contribution >= 0.6 is 23.1 Å². The Morgan fingerprint density at radius 3 is 2.71 bits per heavy atom. The molecule has 0 saturated carbocycles. The summed E-state index contributed by atoms with van der Waals surface area (Å²) in [4.78, 5) is 24.3. The van der Waals surface area contributed by atoms with E-state index in [-0.39, 0.29) is 11.9 Å². The lowest BCUT2D eigenvalue weighted by molar-refractivity contribution is -0.114. The van der Waals surface area contributed by atoms with E-state index in [1.165, 1.54) is 11.8 Å². The number of carbonyl (C=O) groups excluding carboxylic acids is 2. The van der Waals surface area contributed by atoms with Crippen LogP contribution in [0.25, 0.3) is 0 Å². The van der Waals surface area contributed by atoms with Gasteiger partial charge in [0.25, 0.3) is 0 Å². The number of urea groups is 1. The number of aryl methyl sites for hydroxylation is 1. The van der Waals surface area contributed by atoms with Gasteiger partial charge in [0.1, 0.15) is 0 Å². The zero-order valence-corrected chi connectivity index (χ0v) is 15.4. The van der Waals surface area contributed by atoms with Crippen LogP contribution in [-0.4, -0.2) is 24.2 Å². The van der Waals surface area contributed by atoms with E-state index in [9.17, 15) is 9.59 Å². The predicted octanol–water partition coefficient (Wildman–Crippen LogP) is 4.07. The van der Waals surface area contributed by atoms with Crippen molar-refractivity contribution in [1.29, 1.82) is 0 Å². The van der Waals surface area contributed by atoms with E-state index in [4.69, 9.17) is 0 Å². The molecule has 0 fully saturated rings. The first-order valence-corrected chi connectivity index (χ1v) is 9.61. The standard InChI is InChI=1S/C17H21N3O2S2/c1-12-10-14(5-6-16(12)19-13(2)21)20-17(22)18-7-9-23-11-15-4-3-8-24-15/h3-6,8,10H,7,9,11H2,1-2H3,(H,19,21)(H2,18,20,22). The monoisotopic (exact) mass is 363 g/mol. The van der Waals surface area contributed by atoms with Crippen molar-refractivity contribution in [3.05, 3.63) is 46.2 Å². The molecule has 5 nitrogen and oxygen atoms in total. The van der Waals surface area contributed by atoms with Gasteiger partial charge in [-0.2, -0.15) is 11.8 Å². The second-order valence-corrected chi connectivity index (χ2v) is 7.36. The fourth-order valence-electron chi connectivity index (χ4n) is 2.05. The average Bonchev–Trinajstić information content (AvgIpc) is 3.02. The third kappa shape index (κ3) is 6.25. The van der Waals surface area contributed by atoms with E-state index < -0.39 is 0 Å². The van der Waals surface area contributed by atoms with Gasteiger partial charge in [0.05, 0.1) is 0 Å². The molecule has 0 saturated heterocycles. The van der Waals surface area contributed by atoms with Gasteiger partial charge in [-0.05, 0) is 42.1 Å². The van der Waals surface area contributed by atoms with Crippen molar-refractivity contribution in [2.45, 2.75) is 19.6 Å². The summed E-state index contributed by atoms with van der Waals surface area (Å²) in [6.07, 6.45) is 0. The Kier molecular flexibility index (Phi) is 7.14. The van der Waals surface area contributed by atoms with Crippen LogP contribution in [0.2, 0.25) is 0 Å². The van der Waals surface area contributed by atoms with Gasteiger partial charge >= 0.3 is 6.03 Å². The Morgan fingerprint density at radius 2 is 2.04 bits per heavy atom. The van der Waals surface area contributed by atoms with Crippen molar-refractivity contribution in [3.63, 3.8) is 0 Å². The number of thioether (sulfide) groups is 1. The third-order valence-electron chi connectivity index (χ3n) is 3.15. The summed E-state index contributed by atoms with van der Waals surface area (Å²) in [6, 6.07) is 9.32. The highest BCUT2D eigenvalue weighted by Gasteiger charge is 2.05. The first kappa shape index (κ1) is 18.4. The Bertz CT molecular complexity index is 687. The van der Waals surface area contributed by atoms with Gasteiger partial charge in [-0.1, -0.05) is 6.07 Å². The summed E-state index contributed by atoms with van der Waals surface area (Å²) < 4.78 is 0. The van der Waals surface area contributed by atoms with E-state index in [2.05, 4.69) is 27.4 Å². The second kappa shape index (κ2) is 9.34. The SMILES string of the molecule is CC(=O)Nc1ccc(NC(=O)NCCSCc2cccs2)cc1C. The van der Waals surface area contributed by atoms with Crippen LogP contribution in [0.4, 0.5) is 16.2 Å². The number of anilines is 2. The van der Waals surface area contributed by atoms with Crippen LogP contribution < -0.4 is 16.0 Å². The molecule has 0 unspecified atom stereocenters. The first-order chi connectivity index (χ1) is 11.5. The molecular formula is C17H21N3O2S2. The van der Waals surface area contributed by atoms with Crippen LogP contribution in [0.5, 0.6) is 0 Å². The molecule has 3 N–H and O–H groups in total. The van der Waals surface area contributed by atoms with Crippen molar-refractivity contribution in [1.82, 2.24) is 5.32 Å². The molecule has 0 bridgehead atoms. The number of carbonyl (C=O) groups is 2. The molecule has 0 aliphatic heterocycles. The van der Waals surface area contributed by atoms with Crippen LogP contribution in [0.3, 0.4) is 0 Å². The summed E-state index contributed by atoms with van der Waals surface area (Å²) in [7, 11) is 0. The molecule has 0 aliphatic rings. The molecule has 2 rings (SSSR count). The smallest absolute Gasteiger partial charge is 0.319 e. The predicted molar refractivity (Wildman–Crippen MR) is 103 cm³/mol. The van der Waals surface area contributed by atoms with E-state index in [0.717, 1.165) is 22.8 Å². The van der Waals surface area contributed by atoms with Crippen molar-refractivity contribution in [3.8, 4) is 0 Å². The minimum absolute atomic E-state index is 0.114. The second-order valence-electron chi connectivity index (χ2n) is 5.22. The van der Waals surface area contributed by atoms with Gasteiger partial charge in [-0.25, -0.2) is 4.79 Å². The average molecular weight is 364 g/mol. The molecule has 3 amide bonds. The minimum Gasteiger partial charge on any atom is -0.337 e. The van der Waals surface area contributed by atoms with Gasteiger partial charge in [0.15, 0.2) is 0 Å². The Morgan fingerprint density at radius 1 is 1.21 bits per heavy atom. The molecule has 7 heteroatoms. The highest BCUT2D eigenvalue weighted by atomic mass is 32.2. The zero-order chi connectivity index (χ0) is 17.4. The highest BCUT2D eigenvalue weighted by Crippen LogP contribution is 2.19. The number of benzene rings is 1. The van der Waals surface area contributed by atoms with Crippen LogP contribution in [0, 0.1) is 6.92 Å². The largest absolute Gasteiger partial charge is 0.337 e. The van der Waals surface area contributed by atoms with E-state index in [1.54, 1.807) is 35.2 Å². The van der Waals surface area contributed by atoms with Crippen LogP contribution in [-0.2, 0) is 10.5 Å². The minimum atomic E-state index is -0.224. The van der Waals surface area contributed by atoms with Crippen molar-refractivity contribution in [2.24, 2.45) is 0 Å². The van der Waals surface area contributed by atoms with Gasteiger partial charge in [-0.15, -0.1) is 11.3 Å². The number of amides is 3. The molecule has 24 heavy (non-hydrogen) atoms. The van der Waals surface area contributed by atoms with Crippen molar-refractivity contribution >= 4 is 46.4 Å². The number of hydrogen-bond donors (Lipinski definition) is 3. The van der Waals surface area contributed by atoms with Crippen molar-refractivity contribution in [2.75, 3.05) is 22.9 Å². The topological polar surface area (TPSA) is 70.2 Å². The third-order valence-corrected chi connectivity index (χ3v) is 5.22. The lowest BCUT2D eigenvalue weighted by atomic mass is 10.2. The molecule has 2 aromatic rings. The molecule has 128 valence electrons. The summed E-state index contributed by atoms with van der Waals surface area (Å²) in [5.74, 6) is 1.73. The van der Waals surface area contributed by atoms with E-state index in [0.29, 0.717) is 12.2 Å². The Labute approximate surface area is 150 Å². The summed E-state index contributed by atoms with van der Waals surface area (Å²) in [6.45, 7) is 3.97. The number of rotatable bonds is 7. The Balaban J connectivity index is 1.70. The molecule has 0 radical (unpaired) electrons. The first-order valence-electron chi connectivity index (χ1n) is 7.58. The lowest BCUT2D eigenvalue weighted by Gasteiger charge is -2.11. The number of thiophene rings is 1. The molecule has 1 aromatic heterocycles. The lowest BCUT2D eigenvalue weighted by Crippen LogP contribution is -2.30. The van der Waals surface area contributed by atoms with Crippen LogP contribution in [0.15, 0.2) is 35.7 Å². The normalized spacial score (nSPS) is 10.2. The van der Waals surface area contributed by atoms with E-state index >= 15 is 0 Å². The van der Waals surface area contributed by atoms with E-state index in [1.807, 2.05) is 19.1 Å². The summed E-state index contributed by atoms with van der Waals surface area (Å²) >= 11 is 3.55. The maximum absolute atomic E-state index is 11.9. The highest BCUT2D eigenvalue weighted by molar-refractivity contribution is 7.98.